The zero-order chi connectivity index (χ0) is 24.0. The van der Waals surface area contributed by atoms with Gasteiger partial charge in [0.05, 0.1) is 22.9 Å². The fourth-order valence-electron chi connectivity index (χ4n) is 2.79. The second kappa shape index (κ2) is 11.1. The molecule has 0 bridgehead atoms. The van der Waals surface area contributed by atoms with Crippen molar-refractivity contribution in [3.05, 3.63) is 63.9 Å². The van der Waals surface area contributed by atoms with Crippen LogP contribution < -0.4 is 10.1 Å². The molecule has 0 saturated carbocycles. The van der Waals surface area contributed by atoms with Crippen molar-refractivity contribution in [2.45, 2.75) is 24.2 Å². The average molecular weight is 519 g/mol. The molecule has 0 atom stereocenters. The highest BCUT2D eigenvalue weighted by molar-refractivity contribution is 7.99. The number of hydrogen-bond acceptors (Lipinski definition) is 5. The number of rotatable bonds is 9. The number of nitrogens with zero attached hydrogens (tertiary/aromatic N) is 3. The minimum atomic E-state index is -4.48. The van der Waals surface area contributed by atoms with E-state index in [4.69, 9.17) is 27.9 Å². The van der Waals surface area contributed by atoms with Crippen LogP contribution in [0.5, 0.6) is 5.75 Å². The number of ether oxygens (including phenoxy) is 1. The molecule has 0 aliphatic heterocycles. The van der Waals surface area contributed by atoms with Crippen LogP contribution in [-0.4, -0.2) is 33.0 Å². The molecule has 6 nitrogen and oxygen atoms in total. The molecule has 0 spiro atoms. The molecule has 3 rings (SSSR count). The Hall–Kier alpha value is -2.43. The summed E-state index contributed by atoms with van der Waals surface area (Å²) < 4.78 is 45.8. The predicted octanol–water partition coefficient (Wildman–Crippen LogP) is 5.88. The Bertz CT molecular complexity index is 1130. The first kappa shape index (κ1) is 25.2. The molecule has 0 unspecified atom stereocenters. The molecule has 0 radical (unpaired) electrons. The van der Waals surface area contributed by atoms with Crippen molar-refractivity contribution in [2.24, 2.45) is 7.05 Å². The number of benzene rings is 2. The Morgan fingerprint density at radius 1 is 1.18 bits per heavy atom. The molecule has 0 fully saturated rings. The van der Waals surface area contributed by atoms with Crippen molar-refractivity contribution in [3.8, 4) is 5.75 Å². The van der Waals surface area contributed by atoms with E-state index in [9.17, 15) is 18.0 Å². The van der Waals surface area contributed by atoms with E-state index in [1.165, 1.54) is 12.1 Å². The fourth-order valence-corrected chi connectivity index (χ4v) is 3.99. The predicted molar refractivity (Wildman–Crippen MR) is 122 cm³/mol. The third-order valence-electron chi connectivity index (χ3n) is 4.43. The number of aromatic nitrogens is 3. The first-order valence-electron chi connectivity index (χ1n) is 9.69. The van der Waals surface area contributed by atoms with Crippen LogP contribution in [0, 0.1) is 0 Å². The first-order chi connectivity index (χ1) is 15.6. The van der Waals surface area contributed by atoms with Gasteiger partial charge in [0, 0.05) is 24.2 Å². The van der Waals surface area contributed by atoms with Crippen molar-refractivity contribution in [1.82, 2.24) is 14.8 Å². The molecule has 33 heavy (non-hydrogen) atoms. The van der Waals surface area contributed by atoms with Crippen molar-refractivity contribution in [3.63, 3.8) is 0 Å². The summed E-state index contributed by atoms with van der Waals surface area (Å²) in [6.45, 7) is 0.413. The van der Waals surface area contributed by atoms with Gasteiger partial charge in [-0.2, -0.15) is 13.2 Å². The van der Waals surface area contributed by atoms with E-state index in [2.05, 4.69) is 15.5 Å². The Morgan fingerprint density at radius 2 is 1.97 bits per heavy atom. The summed E-state index contributed by atoms with van der Waals surface area (Å²) in [7, 11) is 1.78. The largest absolute Gasteiger partial charge is 0.492 e. The molecule has 3 aromatic rings. The molecule has 1 aromatic heterocycles. The SMILES string of the molecule is Cn1c(CCCOc2ccc(Cl)cc2Cl)nnc1SCC(=O)Nc1cccc(C(F)(F)F)c1. The summed E-state index contributed by atoms with van der Waals surface area (Å²) in [5, 5.41) is 12.1. The van der Waals surface area contributed by atoms with Crippen LogP contribution in [0.4, 0.5) is 18.9 Å². The number of halogens is 5. The highest BCUT2D eigenvalue weighted by Gasteiger charge is 2.30. The van der Waals surface area contributed by atoms with E-state index in [1.54, 1.807) is 29.8 Å². The number of anilines is 1. The molecule has 2 aromatic carbocycles. The number of aryl methyl sites for hydroxylation is 1. The maximum Gasteiger partial charge on any atom is 0.416 e. The molecule has 1 amide bonds. The summed E-state index contributed by atoms with van der Waals surface area (Å²) in [5.41, 5.74) is -0.747. The highest BCUT2D eigenvalue weighted by atomic mass is 35.5. The van der Waals surface area contributed by atoms with Crippen molar-refractivity contribution in [1.29, 1.82) is 0 Å². The minimum Gasteiger partial charge on any atom is -0.492 e. The second-order valence-corrected chi connectivity index (χ2v) is 8.69. The monoisotopic (exact) mass is 518 g/mol. The maximum absolute atomic E-state index is 12.8. The standard InChI is InChI=1S/C21H19Cl2F3N4O2S/c1-30-18(6-3-9-32-17-8-7-14(22)11-16(17)23)28-29-20(30)33-12-19(31)27-15-5-2-4-13(10-15)21(24,25)26/h2,4-5,7-8,10-11H,3,6,9,12H2,1H3,(H,27,31). The van der Waals surface area contributed by atoms with Crippen LogP contribution in [-0.2, 0) is 24.4 Å². The molecular weight excluding hydrogens is 500 g/mol. The van der Waals surface area contributed by atoms with E-state index < -0.39 is 17.6 Å². The van der Waals surface area contributed by atoms with Gasteiger partial charge in [0.25, 0.3) is 0 Å². The lowest BCUT2D eigenvalue weighted by Gasteiger charge is -2.10. The Balaban J connectivity index is 1.46. The van der Waals surface area contributed by atoms with Crippen molar-refractivity contribution < 1.29 is 22.7 Å². The lowest BCUT2D eigenvalue weighted by Crippen LogP contribution is -2.15. The number of hydrogen-bond donors (Lipinski definition) is 1. The van der Waals surface area contributed by atoms with Crippen LogP contribution in [0.25, 0.3) is 0 Å². The van der Waals surface area contributed by atoms with Crippen LogP contribution in [0.15, 0.2) is 47.6 Å². The smallest absolute Gasteiger partial charge is 0.416 e. The Kier molecular flexibility index (Phi) is 8.50. The molecule has 12 heteroatoms. The van der Waals surface area contributed by atoms with Gasteiger partial charge in [-0.15, -0.1) is 10.2 Å². The van der Waals surface area contributed by atoms with Crippen LogP contribution in [0.1, 0.15) is 17.8 Å². The number of nitrogens with one attached hydrogen (secondary N) is 1. The lowest BCUT2D eigenvalue weighted by atomic mass is 10.2. The van der Waals surface area contributed by atoms with Gasteiger partial charge in [0.15, 0.2) is 5.16 Å². The van der Waals surface area contributed by atoms with Crippen LogP contribution >= 0.6 is 35.0 Å². The van der Waals surface area contributed by atoms with Gasteiger partial charge < -0.3 is 14.6 Å². The molecular formula is C21H19Cl2F3N4O2S. The number of carbonyl (C=O) groups excluding carboxylic acids is 1. The van der Waals surface area contributed by atoms with Gasteiger partial charge in [0.2, 0.25) is 5.91 Å². The number of amides is 1. The Morgan fingerprint density at radius 3 is 2.70 bits per heavy atom. The van der Waals surface area contributed by atoms with Gasteiger partial charge >= 0.3 is 6.18 Å². The molecule has 0 saturated heterocycles. The summed E-state index contributed by atoms with van der Waals surface area (Å²) in [4.78, 5) is 12.2. The van der Waals surface area contributed by atoms with E-state index in [1.807, 2.05) is 0 Å². The van der Waals surface area contributed by atoms with Gasteiger partial charge in [-0.1, -0.05) is 41.0 Å². The van der Waals surface area contributed by atoms with Crippen LogP contribution in [0.3, 0.4) is 0 Å². The van der Waals surface area contributed by atoms with Gasteiger partial charge in [-0.25, -0.2) is 0 Å². The van der Waals surface area contributed by atoms with Gasteiger partial charge in [-0.05, 0) is 42.8 Å². The van der Waals surface area contributed by atoms with Crippen molar-refractivity contribution in [2.75, 3.05) is 17.7 Å². The van der Waals surface area contributed by atoms with Crippen molar-refractivity contribution >= 4 is 46.6 Å². The number of alkyl halides is 3. The topological polar surface area (TPSA) is 69.0 Å². The lowest BCUT2D eigenvalue weighted by molar-refractivity contribution is -0.137. The first-order valence-corrected chi connectivity index (χ1v) is 11.4. The molecule has 1 heterocycles. The van der Waals surface area contributed by atoms with E-state index in [0.29, 0.717) is 46.2 Å². The molecule has 1 N–H and O–H groups in total. The summed E-state index contributed by atoms with van der Waals surface area (Å²) >= 11 is 13.1. The van der Waals surface area contributed by atoms with Crippen LogP contribution in [0.2, 0.25) is 10.0 Å². The van der Waals surface area contributed by atoms with Gasteiger partial charge in [0.1, 0.15) is 11.6 Å². The maximum atomic E-state index is 12.8. The molecule has 0 aliphatic rings. The minimum absolute atomic E-state index is 0.0274. The van der Waals surface area contributed by atoms with E-state index >= 15 is 0 Å². The zero-order valence-electron chi connectivity index (χ0n) is 17.3. The summed E-state index contributed by atoms with van der Waals surface area (Å²) in [6.07, 6.45) is -3.23. The van der Waals surface area contributed by atoms with E-state index in [-0.39, 0.29) is 11.4 Å². The fraction of sp³-hybridized carbons (Fsp3) is 0.286. The third-order valence-corrected chi connectivity index (χ3v) is 5.98. The zero-order valence-corrected chi connectivity index (χ0v) is 19.7. The Labute approximate surface area is 202 Å². The normalized spacial score (nSPS) is 11.5. The number of thioether (sulfide) groups is 1. The summed E-state index contributed by atoms with van der Waals surface area (Å²) in [6, 6.07) is 9.48. The van der Waals surface area contributed by atoms with E-state index in [0.717, 1.165) is 23.9 Å². The molecule has 0 aliphatic carbocycles. The highest BCUT2D eigenvalue weighted by Crippen LogP contribution is 2.31. The summed E-state index contributed by atoms with van der Waals surface area (Å²) in [5.74, 6) is 0.779. The van der Waals surface area contributed by atoms with Gasteiger partial charge in [-0.3, -0.25) is 4.79 Å². The number of carbonyl (C=O) groups is 1. The third kappa shape index (κ3) is 7.28. The molecule has 176 valence electrons. The second-order valence-electron chi connectivity index (χ2n) is 6.90. The quantitative estimate of drug-likeness (QED) is 0.282. The average Bonchev–Trinajstić information content (AvgIpc) is 3.10.